The van der Waals surface area contributed by atoms with Gasteiger partial charge in [0, 0.05) is 6.42 Å². The number of hydrogen-bond acceptors (Lipinski definition) is 2. The number of ether oxygens (including phenoxy) is 1. The second-order valence-electron chi connectivity index (χ2n) is 5.67. The minimum Gasteiger partial charge on any atom is -0.493 e. The van der Waals surface area contributed by atoms with Crippen LogP contribution in [0.4, 0.5) is 0 Å². The molecule has 0 spiro atoms. The fraction of sp³-hybridized carbons (Fsp3) is 0.533. The summed E-state index contributed by atoms with van der Waals surface area (Å²) in [5, 5.41) is 0. The van der Waals surface area contributed by atoms with Crippen molar-refractivity contribution in [2.75, 3.05) is 6.61 Å². The Morgan fingerprint density at radius 3 is 2.56 bits per heavy atom. The number of benzene rings is 1. The summed E-state index contributed by atoms with van der Waals surface area (Å²) in [6, 6.07) is 6.38. The first-order valence-corrected chi connectivity index (χ1v) is 6.74. The van der Waals surface area contributed by atoms with Gasteiger partial charge >= 0.3 is 0 Å². The summed E-state index contributed by atoms with van der Waals surface area (Å²) in [7, 11) is 0. The van der Waals surface area contributed by atoms with Crippen molar-refractivity contribution in [3.63, 3.8) is 0 Å². The molecule has 1 aromatic rings. The van der Waals surface area contributed by atoms with Crippen molar-refractivity contribution in [2.45, 2.75) is 46.0 Å². The van der Waals surface area contributed by atoms with Crippen molar-refractivity contribution in [1.82, 2.24) is 0 Å². The van der Waals surface area contributed by atoms with E-state index in [0.717, 1.165) is 18.6 Å². The second kappa shape index (κ2) is 6.19. The van der Waals surface area contributed by atoms with Gasteiger partial charge in [0.25, 0.3) is 0 Å². The van der Waals surface area contributed by atoms with Crippen LogP contribution in [0, 0.1) is 6.92 Å². The predicted octanol–water partition coefficient (Wildman–Crippen LogP) is 3.74. The molecule has 100 valence electrons. The number of nitrogens with two attached hydrogens (primary N) is 1. The molecular weight excluding hydrogens is 242 g/mol. The van der Waals surface area contributed by atoms with Crippen LogP contribution in [0.2, 0.25) is 0 Å². The third-order valence-electron chi connectivity index (χ3n) is 2.77. The first-order valence-electron chi connectivity index (χ1n) is 6.33. The summed E-state index contributed by atoms with van der Waals surface area (Å²) in [6.45, 7) is 9.32. The molecule has 0 aliphatic rings. The second-order valence-corrected chi connectivity index (χ2v) is 6.19. The SMILES string of the molecule is Cc1ccc(C(C)(C)C)c(OCCCC(N)=S)c1. The Morgan fingerprint density at radius 1 is 1.33 bits per heavy atom. The number of thiocarbonyl (C=S) groups is 1. The Balaban J connectivity index is 2.74. The number of hydrogen-bond donors (Lipinski definition) is 1. The molecule has 0 aliphatic carbocycles. The van der Waals surface area contributed by atoms with E-state index in [4.69, 9.17) is 22.7 Å². The fourth-order valence-corrected chi connectivity index (χ4v) is 1.94. The maximum Gasteiger partial charge on any atom is 0.123 e. The Bertz CT molecular complexity index is 421. The van der Waals surface area contributed by atoms with Gasteiger partial charge in [-0.1, -0.05) is 45.1 Å². The van der Waals surface area contributed by atoms with E-state index < -0.39 is 0 Å². The van der Waals surface area contributed by atoms with E-state index in [2.05, 4.69) is 45.9 Å². The Kier molecular flexibility index (Phi) is 5.15. The van der Waals surface area contributed by atoms with Gasteiger partial charge in [-0.15, -0.1) is 0 Å². The zero-order valence-electron chi connectivity index (χ0n) is 11.7. The summed E-state index contributed by atoms with van der Waals surface area (Å²) >= 11 is 4.85. The van der Waals surface area contributed by atoms with E-state index in [1.807, 2.05) is 0 Å². The van der Waals surface area contributed by atoms with Crippen molar-refractivity contribution in [1.29, 1.82) is 0 Å². The van der Waals surface area contributed by atoms with Crippen LogP contribution in [0.3, 0.4) is 0 Å². The van der Waals surface area contributed by atoms with Gasteiger partial charge in [0.05, 0.1) is 11.6 Å². The average Bonchev–Trinajstić information content (AvgIpc) is 2.22. The van der Waals surface area contributed by atoms with Crippen LogP contribution in [0.5, 0.6) is 5.75 Å². The average molecular weight is 265 g/mol. The monoisotopic (exact) mass is 265 g/mol. The molecule has 0 aromatic heterocycles. The van der Waals surface area contributed by atoms with Crippen molar-refractivity contribution < 1.29 is 4.74 Å². The Labute approximate surface area is 116 Å². The molecule has 0 unspecified atom stereocenters. The molecule has 18 heavy (non-hydrogen) atoms. The lowest BCUT2D eigenvalue weighted by atomic mass is 9.86. The standard InChI is InChI=1S/C15H23NOS/c1-11-7-8-12(15(2,3)4)13(10-11)17-9-5-6-14(16)18/h7-8,10H,5-6,9H2,1-4H3,(H2,16,18). The largest absolute Gasteiger partial charge is 0.493 e. The Hall–Kier alpha value is -1.09. The summed E-state index contributed by atoms with van der Waals surface area (Å²) < 4.78 is 5.88. The normalized spacial score (nSPS) is 11.3. The third kappa shape index (κ3) is 4.65. The third-order valence-corrected chi connectivity index (χ3v) is 2.97. The first-order chi connectivity index (χ1) is 8.30. The van der Waals surface area contributed by atoms with Crippen molar-refractivity contribution in [3.05, 3.63) is 29.3 Å². The van der Waals surface area contributed by atoms with E-state index in [1.165, 1.54) is 11.1 Å². The molecule has 0 aliphatic heterocycles. The quantitative estimate of drug-likeness (QED) is 0.650. The van der Waals surface area contributed by atoms with Gasteiger partial charge in [-0.05, 0) is 36.0 Å². The summed E-state index contributed by atoms with van der Waals surface area (Å²) in [5.41, 5.74) is 8.01. The smallest absolute Gasteiger partial charge is 0.123 e. The lowest BCUT2D eigenvalue weighted by molar-refractivity contribution is 0.305. The van der Waals surface area contributed by atoms with Gasteiger partial charge < -0.3 is 10.5 Å². The van der Waals surface area contributed by atoms with Crippen LogP contribution >= 0.6 is 12.2 Å². The molecule has 0 saturated carbocycles. The van der Waals surface area contributed by atoms with Gasteiger partial charge in [0.1, 0.15) is 5.75 Å². The highest BCUT2D eigenvalue weighted by Gasteiger charge is 2.18. The number of rotatable bonds is 5. The van der Waals surface area contributed by atoms with E-state index in [-0.39, 0.29) is 5.41 Å². The van der Waals surface area contributed by atoms with E-state index >= 15 is 0 Å². The van der Waals surface area contributed by atoms with Gasteiger partial charge in [-0.25, -0.2) is 0 Å². The van der Waals surface area contributed by atoms with Gasteiger partial charge in [0.2, 0.25) is 0 Å². The summed E-state index contributed by atoms with van der Waals surface area (Å²) in [4.78, 5) is 0.555. The summed E-state index contributed by atoms with van der Waals surface area (Å²) in [5.74, 6) is 0.977. The van der Waals surface area contributed by atoms with Crippen LogP contribution < -0.4 is 10.5 Å². The molecule has 2 nitrogen and oxygen atoms in total. The molecule has 0 heterocycles. The number of aryl methyl sites for hydroxylation is 1. The molecule has 0 saturated heterocycles. The van der Waals surface area contributed by atoms with Crippen LogP contribution in [0.15, 0.2) is 18.2 Å². The Morgan fingerprint density at radius 2 is 2.00 bits per heavy atom. The van der Waals surface area contributed by atoms with E-state index in [9.17, 15) is 0 Å². The van der Waals surface area contributed by atoms with Crippen LogP contribution in [0.1, 0.15) is 44.7 Å². The molecule has 0 amide bonds. The fourth-order valence-electron chi connectivity index (χ4n) is 1.80. The molecule has 1 rings (SSSR count). The molecular formula is C15H23NOS. The molecule has 0 bridgehead atoms. The highest BCUT2D eigenvalue weighted by atomic mass is 32.1. The van der Waals surface area contributed by atoms with Crippen LogP contribution in [0.25, 0.3) is 0 Å². The highest BCUT2D eigenvalue weighted by Crippen LogP contribution is 2.32. The maximum atomic E-state index is 5.88. The molecule has 2 N–H and O–H groups in total. The molecule has 0 atom stereocenters. The van der Waals surface area contributed by atoms with Gasteiger partial charge in [-0.2, -0.15) is 0 Å². The topological polar surface area (TPSA) is 35.2 Å². The lowest BCUT2D eigenvalue weighted by Gasteiger charge is -2.23. The molecule has 0 radical (unpaired) electrons. The molecule has 1 aromatic carbocycles. The van der Waals surface area contributed by atoms with E-state index in [1.54, 1.807) is 0 Å². The first kappa shape index (κ1) is 15.0. The lowest BCUT2D eigenvalue weighted by Crippen LogP contribution is -2.15. The van der Waals surface area contributed by atoms with Crippen LogP contribution in [-0.4, -0.2) is 11.6 Å². The van der Waals surface area contributed by atoms with Gasteiger partial charge in [0.15, 0.2) is 0 Å². The zero-order chi connectivity index (χ0) is 13.8. The van der Waals surface area contributed by atoms with Gasteiger partial charge in [-0.3, -0.25) is 0 Å². The molecule has 0 fully saturated rings. The minimum absolute atomic E-state index is 0.0895. The highest BCUT2D eigenvalue weighted by molar-refractivity contribution is 7.80. The minimum atomic E-state index is 0.0895. The van der Waals surface area contributed by atoms with Crippen molar-refractivity contribution in [3.8, 4) is 5.75 Å². The molecule has 3 heteroatoms. The zero-order valence-corrected chi connectivity index (χ0v) is 12.6. The van der Waals surface area contributed by atoms with Crippen LogP contribution in [-0.2, 0) is 5.41 Å². The summed E-state index contributed by atoms with van der Waals surface area (Å²) in [6.07, 6.45) is 1.61. The van der Waals surface area contributed by atoms with E-state index in [0.29, 0.717) is 11.6 Å². The maximum absolute atomic E-state index is 5.88. The van der Waals surface area contributed by atoms with Crippen molar-refractivity contribution in [2.24, 2.45) is 5.73 Å². The predicted molar refractivity (Wildman–Crippen MR) is 81.4 cm³/mol. The van der Waals surface area contributed by atoms with Crippen molar-refractivity contribution >= 4 is 17.2 Å².